The molecule has 2 amide bonds. The second-order valence-electron chi connectivity index (χ2n) is 7.10. The number of aromatic nitrogens is 3. The average molecular weight is 429 g/mol. The lowest BCUT2D eigenvalue weighted by atomic mass is 10.1. The summed E-state index contributed by atoms with van der Waals surface area (Å²) in [4.78, 5) is 30.7. The molecule has 4 rings (SSSR count). The minimum absolute atomic E-state index is 0.133. The number of nitrogens with one attached hydrogen (secondary N) is 1. The molecule has 0 fully saturated rings. The van der Waals surface area contributed by atoms with Gasteiger partial charge in [-0.2, -0.15) is 18.3 Å². The highest BCUT2D eigenvalue weighted by molar-refractivity contribution is 5.98. The molecule has 0 atom stereocenters. The van der Waals surface area contributed by atoms with E-state index in [1.54, 1.807) is 24.5 Å². The molecule has 0 saturated carbocycles. The largest absolute Gasteiger partial charge is 0.416 e. The van der Waals surface area contributed by atoms with E-state index in [1.165, 1.54) is 27.8 Å². The van der Waals surface area contributed by atoms with Crippen molar-refractivity contribution in [2.45, 2.75) is 25.8 Å². The third-order valence-electron chi connectivity index (χ3n) is 4.96. The zero-order valence-corrected chi connectivity index (χ0v) is 16.3. The van der Waals surface area contributed by atoms with Crippen LogP contribution in [0.25, 0.3) is 0 Å². The van der Waals surface area contributed by atoms with Crippen molar-refractivity contribution in [2.24, 2.45) is 0 Å². The molecule has 10 heteroatoms. The quantitative estimate of drug-likeness (QED) is 0.677. The number of carbonyl (C=O) groups is 2. The van der Waals surface area contributed by atoms with Gasteiger partial charge in [-0.25, -0.2) is 0 Å². The van der Waals surface area contributed by atoms with E-state index in [9.17, 15) is 22.8 Å². The Bertz CT molecular complexity index is 1090. The van der Waals surface area contributed by atoms with E-state index in [1.807, 2.05) is 0 Å². The summed E-state index contributed by atoms with van der Waals surface area (Å²) in [6.07, 6.45) is -1.15. The van der Waals surface area contributed by atoms with Crippen molar-refractivity contribution in [3.8, 4) is 0 Å². The van der Waals surface area contributed by atoms with Crippen LogP contribution in [0.4, 0.5) is 13.2 Å². The molecule has 0 unspecified atom stereocenters. The number of pyridine rings is 1. The van der Waals surface area contributed by atoms with E-state index in [0.717, 1.165) is 17.7 Å². The van der Waals surface area contributed by atoms with Crippen LogP contribution in [0.1, 0.15) is 37.7 Å². The topological polar surface area (TPSA) is 80.1 Å². The van der Waals surface area contributed by atoms with E-state index < -0.39 is 17.6 Å². The van der Waals surface area contributed by atoms with Gasteiger partial charge in [0.05, 0.1) is 12.1 Å². The van der Waals surface area contributed by atoms with Crippen LogP contribution in [0, 0.1) is 0 Å². The highest BCUT2D eigenvalue weighted by atomic mass is 19.4. The molecule has 31 heavy (non-hydrogen) atoms. The zero-order valence-electron chi connectivity index (χ0n) is 16.3. The maximum Gasteiger partial charge on any atom is 0.416 e. The number of rotatable bonds is 5. The Kier molecular flexibility index (Phi) is 5.45. The fourth-order valence-electron chi connectivity index (χ4n) is 3.29. The zero-order chi connectivity index (χ0) is 22.0. The van der Waals surface area contributed by atoms with E-state index in [4.69, 9.17) is 0 Å². The minimum Gasteiger partial charge on any atom is -0.347 e. The maximum absolute atomic E-state index is 12.8. The number of hydrogen-bond donors (Lipinski definition) is 1. The summed E-state index contributed by atoms with van der Waals surface area (Å²) in [6, 6.07) is 9.71. The molecule has 7 nitrogen and oxygen atoms in total. The van der Waals surface area contributed by atoms with Gasteiger partial charge in [0.2, 0.25) is 0 Å². The van der Waals surface area contributed by atoms with Gasteiger partial charge in [0, 0.05) is 38.1 Å². The standard InChI is InChI=1S/C21H18F3N5O2/c22-21(23,24)16-3-1-15(2-4-16)13-28-9-10-29-18(20(28)31)11-17(27-29)19(30)26-12-14-5-7-25-8-6-14/h1-8,11H,9-10,12-13H2,(H,26,30). The second kappa shape index (κ2) is 8.21. The number of amides is 2. The molecule has 0 saturated heterocycles. The average Bonchev–Trinajstić information content (AvgIpc) is 3.20. The Morgan fingerprint density at radius 3 is 2.42 bits per heavy atom. The number of alkyl halides is 3. The van der Waals surface area contributed by atoms with E-state index in [2.05, 4.69) is 15.4 Å². The van der Waals surface area contributed by atoms with Crippen LogP contribution in [0.3, 0.4) is 0 Å². The molecule has 1 aromatic carbocycles. The third-order valence-corrected chi connectivity index (χ3v) is 4.96. The smallest absolute Gasteiger partial charge is 0.347 e. The van der Waals surface area contributed by atoms with Gasteiger partial charge in [0.15, 0.2) is 5.69 Å². The van der Waals surface area contributed by atoms with Crippen LogP contribution in [-0.4, -0.2) is 38.0 Å². The lowest BCUT2D eigenvalue weighted by Gasteiger charge is -2.27. The molecule has 1 N–H and O–H groups in total. The van der Waals surface area contributed by atoms with E-state index in [0.29, 0.717) is 25.2 Å². The molecule has 1 aliphatic heterocycles. The molecule has 0 aliphatic carbocycles. The Morgan fingerprint density at radius 1 is 1.03 bits per heavy atom. The predicted octanol–water partition coefficient (Wildman–Crippen LogP) is 2.88. The fourth-order valence-corrected chi connectivity index (χ4v) is 3.29. The molecular weight excluding hydrogens is 411 g/mol. The normalized spacial score (nSPS) is 13.8. The summed E-state index contributed by atoms with van der Waals surface area (Å²) in [5.74, 6) is -0.729. The maximum atomic E-state index is 12.8. The van der Waals surface area contributed by atoms with Crippen molar-refractivity contribution in [1.29, 1.82) is 0 Å². The van der Waals surface area contributed by atoms with E-state index in [-0.39, 0.29) is 23.8 Å². The van der Waals surface area contributed by atoms with Crippen LogP contribution in [0.5, 0.6) is 0 Å². The molecule has 2 aromatic heterocycles. The first-order valence-electron chi connectivity index (χ1n) is 9.51. The summed E-state index contributed by atoms with van der Waals surface area (Å²) in [5.41, 5.74) is 1.14. The summed E-state index contributed by atoms with van der Waals surface area (Å²) in [6.45, 7) is 1.20. The van der Waals surface area contributed by atoms with Crippen molar-refractivity contribution in [1.82, 2.24) is 25.0 Å². The van der Waals surface area contributed by atoms with Crippen LogP contribution >= 0.6 is 0 Å². The van der Waals surface area contributed by atoms with E-state index >= 15 is 0 Å². The van der Waals surface area contributed by atoms with Crippen LogP contribution in [0.15, 0.2) is 54.9 Å². The summed E-state index contributed by atoms with van der Waals surface area (Å²) < 4.78 is 39.6. The molecule has 3 aromatic rings. The lowest BCUT2D eigenvalue weighted by Crippen LogP contribution is -2.39. The Balaban J connectivity index is 1.42. The molecule has 0 spiro atoms. The summed E-state index contributed by atoms with van der Waals surface area (Å²) in [7, 11) is 0. The van der Waals surface area contributed by atoms with Gasteiger partial charge >= 0.3 is 6.18 Å². The number of nitrogens with zero attached hydrogens (tertiary/aromatic N) is 4. The molecule has 3 heterocycles. The number of halogens is 3. The summed E-state index contributed by atoms with van der Waals surface area (Å²) in [5, 5.41) is 6.96. The van der Waals surface area contributed by atoms with Crippen LogP contribution in [0.2, 0.25) is 0 Å². The third kappa shape index (κ3) is 4.57. The first-order valence-corrected chi connectivity index (χ1v) is 9.51. The first-order chi connectivity index (χ1) is 14.8. The molecule has 0 radical (unpaired) electrons. The Labute approximate surface area is 175 Å². The number of carbonyl (C=O) groups excluding carboxylic acids is 2. The molecule has 160 valence electrons. The SMILES string of the molecule is O=C(NCc1ccncc1)c1cc2n(n1)CCN(Cc1ccc(C(F)(F)F)cc1)C2=O. The Morgan fingerprint density at radius 2 is 1.74 bits per heavy atom. The van der Waals surface area contributed by atoms with Gasteiger partial charge in [0.1, 0.15) is 5.69 Å². The lowest BCUT2D eigenvalue weighted by molar-refractivity contribution is -0.137. The highest BCUT2D eigenvalue weighted by Crippen LogP contribution is 2.29. The van der Waals surface area contributed by atoms with Gasteiger partial charge in [-0.05, 0) is 35.4 Å². The number of benzene rings is 1. The van der Waals surface area contributed by atoms with Crippen molar-refractivity contribution in [3.63, 3.8) is 0 Å². The molecular formula is C21H18F3N5O2. The van der Waals surface area contributed by atoms with Crippen molar-refractivity contribution in [3.05, 3.63) is 82.9 Å². The van der Waals surface area contributed by atoms with Gasteiger partial charge in [0.25, 0.3) is 11.8 Å². The van der Waals surface area contributed by atoms with Crippen molar-refractivity contribution >= 4 is 11.8 Å². The number of hydrogen-bond acceptors (Lipinski definition) is 4. The predicted molar refractivity (Wildman–Crippen MR) is 104 cm³/mol. The van der Waals surface area contributed by atoms with Gasteiger partial charge < -0.3 is 10.2 Å². The highest BCUT2D eigenvalue weighted by Gasteiger charge is 2.31. The van der Waals surface area contributed by atoms with Gasteiger partial charge in [-0.1, -0.05) is 12.1 Å². The second-order valence-corrected chi connectivity index (χ2v) is 7.10. The minimum atomic E-state index is -4.40. The molecule has 1 aliphatic rings. The monoisotopic (exact) mass is 429 g/mol. The first kappa shape index (κ1) is 20.6. The van der Waals surface area contributed by atoms with Crippen LogP contribution in [-0.2, 0) is 25.8 Å². The summed E-state index contributed by atoms with van der Waals surface area (Å²) >= 11 is 0. The van der Waals surface area contributed by atoms with Crippen LogP contribution < -0.4 is 5.32 Å². The Hall–Kier alpha value is -3.69. The van der Waals surface area contributed by atoms with Gasteiger partial charge in [-0.15, -0.1) is 0 Å². The fraction of sp³-hybridized carbons (Fsp3) is 0.238. The van der Waals surface area contributed by atoms with Crippen molar-refractivity contribution in [2.75, 3.05) is 6.54 Å². The van der Waals surface area contributed by atoms with Gasteiger partial charge in [-0.3, -0.25) is 19.3 Å². The van der Waals surface area contributed by atoms with Crippen molar-refractivity contribution < 1.29 is 22.8 Å². The molecule has 0 bridgehead atoms. The number of fused-ring (bicyclic) bond motifs is 1.